The van der Waals surface area contributed by atoms with E-state index in [1.54, 1.807) is 19.2 Å². The number of piperidine rings is 2. The molecule has 40 heavy (non-hydrogen) atoms. The number of piperazine rings is 1. The van der Waals surface area contributed by atoms with Crippen LogP contribution in [-0.2, 0) is 25.6 Å². The molecule has 3 aliphatic rings. The van der Waals surface area contributed by atoms with E-state index in [1.165, 1.54) is 4.90 Å². The molecule has 3 aliphatic heterocycles. The Kier molecular flexibility index (Phi) is 9.81. The van der Waals surface area contributed by atoms with Crippen LogP contribution in [0.1, 0.15) is 31.2 Å². The lowest BCUT2D eigenvalue weighted by Crippen LogP contribution is -2.53. The Hall–Kier alpha value is -3.86. The van der Waals surface area contributed by atoms with Crippen LogP contribution in [0.3, 0.4) is 0 Å². The van der Waals surface area contributed by atoms with E-state index in [4.69, 9.17) is 11.5 Å². The molecule has 0 aliphatic carbocycles. The van der Waals surface area contributed by atoms with Crippen molar-refractivity contribution in [1.82, 2.24) is 20.0 Å². The zero-order chi connectivity index (χ0) is 28.6. The topological polar surface area (TPSA) is 145 Å². The standard InChI is InChI=1S/C29H41N7O4/c1-33(25-7-9-27(38)32-29(25)40)28(39)18-21-2-5-24(6-3-21)35-16-14-34(15-17-35)19-22-10-12-36(13-11-22)26(31)8-4-23(30)20-37/h2-6,8,20,22,25H,7,9-19,30-31H2,1H3,(H,32,38,40)/b23-4-,26-8+. The van der Waals surface area contributed by atoms with Crippen molar-refractivity contribution in [2.45, 2.75) is 38.1 Å². The molecule has 1 aromatic rings. The molecular formula is C29H41N7O4. The summed E-state index contributed by atoms with van der Waals surface area (Å²) < 4.78 is 0. The van der Waals surface area contributed by atoms with Crippen molar-refractivity contribution < 1.29 is 19.2 Å². The lowest BCUT2D eigenvalue weighted by Gasteiger charge is -2.40. The lowest BCUT2D eigenvalue weighted by atomic mass is 9.96. The number of hydrogen-bond donors (Lipinski definition) is 3. The van der Waals surface area contributed by atoms with Crippen molar-refractivity contribution in [3.8, 4) is 0 Å². The Morgan fingerprint density at radius 3 is 2.30 bits per heavy atom. The van der Waals surface area contributed by atoms with Crippen LogP contribution < -0.4 is 21.7 Å². The van der Waals surface area contributed by atoms with E-state index < -0.39 is 11.9 Å². The zero-order valence-electron chi connectivity index (χ0n) is 23.3. The molecule has 3 heterocycles. The quantitative estimate of drug-likeness (QED) is 0.169. The van der Waals surface area contributed by atoms with Gasteiger partial charge in [-0.15, -0.1) is 0 Å². The highest BCUT2D eigenvalue weighted by atomic mass is 16.2. The van der Waals surface area contributed by atoms with E-state index in [0.717, 1.165) is 69.9 Å². The molecule has 11 nitrogen and oxygen atoms in total. The summed E-state index contributed by atoms with van der Waals surface area (Å²) in [4.78, 5) is 55.4. The van der Waals surface area contributed by atoms with Gasteiger partial charge in [0.2, 0.25) is 17.7 Å². The number of likely N-dealkylation sites (N-methyl/N-ethyl adjacent to an activating group) is 1. The fourth-order valence-electron chi connectivity index (χ4n) is 5.60. The number of nitrogens with one attached hydrogen (secondary N) is 1. The number of hydrogen-bond acceptors (Lipinski definition) is 9. The Balaban J connectivity index is 1.19. The highest BCUT2D eigenvalue weighted by Gasteiger charge is 2.32. The van der Waals surface area contributed by atoms with Gasteiger partial charge in [0, 0.05) is 65.0 Å². The first kappa shape index (κ1) is 29.1. The summed E-state index contributed by atoms with van der Waals surface area (Å²) in [5, 5.41) is 2.31. The van der Waals surface area contributed by atoms with Crippen LogP contribution in [0.25, 0.3) is 0 Å². The lowest BCUT2D eigenvalue weighted by molar-refractivity contribution is -0.144. The van der Waals surface area contributed by atoms with Gasteiger partial charge in [0.25, 0.3) is 0 Å². The van der Waals surface area contributed by atoms with Gasteiger partial charge in [0.1, 0.15) is 6.04 Å². The molecule has 0 aromatic heterocycles. The van der Waals surface area contributed by atoms with E-state index >= 15 is 0 Å². The normalized spacial score (nSPS) is 21.8. The molecule has 216 valence electrons. The van der Waals surface area contributed by atoms with Crippen molar-refractivity contribution in [3.05, 3.63) is 53.5 Å². The highest BCUT2D eigenvalue weighted by molar-refractivity contribution is 6.01. The number of benzene rings is 1. The maximum Gasteiger partial charge on any atom is 0.249 e. The van der Waals surface area contributed by atoms with Gasteiger partial charge in [0.15, 0.2) is 6.29 Å². The summed E-state index contributed by atoms with van der Waals surface area (Å²) >= 11 is 0. The van der Waals surface area contributed by atoms with Crippen molar-refractivity contribution in [2.75, 3.05) is 57.8 Å². The second-order valence-electron chi connectivity index (χ2n) is 10.9. The van der Waals surface area contributed by atoms with E-state index in [9.17, 15) is 19.2 Å². The van der Waals surface area contributed by atoms with Crippen LogP contribution in [-0.4, -0.2) is 97.6 Å². The molecule has 11 heteroatoms. The van der Waals surface area contributed by atoms with E-state index in [0.29, 0.717) is 24.4 Å². The number of carbonyl (C=O) groups excluding carboxylic acids is 4. The van der Waals surface area contributed by atoms with Crippen LogP contribution >= 0.6 is 0 Å². The number of anilines is 1. The molecule has 3 amide bonds. The second-order valence-corrected chi connectivity index (χ2v) is 10.9. The second kappa shape index (κ2) is 13.5. The molecule has 3 fully saturated rings. The molecule has 0 radical (unpaired) electrons. The minimum absolute atomic E-state index is 0.139. The average molecular weight is 552 g/mol. The molecule has 3 saturated heterocycles. The molecule has 1 atom stereocenters. The number of carbonyl (C=O) groups is 4. The Bertz CT molecular complexity index is 1130. The minimum atomic E-state index is -0.597. The molecule has 1 unspecified atom stereocenters. The number of nitrogens with two attached hydrogens (primary N) is 2. The number of amides is 3. The summed E-state index contributed by atoms with van der Waals surface area (Å²) in [5.41, 5.74) is 13.9. The number of allylic oxidation sites excluding steroid dienone is 3. The molecule has 5 N–H and O–H groups in total. The Morgan fingerprint density at radius 1 is 1.00 bits per heavy atom. The van der Waals surface area contributed by atoms with E-state index in [1.807, 2.05) is 12.1 Å². The summed E-state index contributed by atoms with van der Waals surface area (Å²) in [6, 6.07) is 7.50. The van der Waals surface area contributed by atoms with E-state index in [-0.39, 0.29) is 30.4 Å². The van der Waals surface area contributed by atoms with Crippen molar-refractivity contribution in [3.63, 3.8) is 0 Å². The molecule has 4 rings (SSSR count). The number of aldehydes is 1. The van der Waals surface area contributed by atoms with Crippen LogP contribution in [0.2, 0.25) is 0 Å². The summed E-state index contributed by atoms with van der Waals surface area (Å²) in [6.07, 6.45) is 6.85. The van der Waals surface area contributed by atoms with Gasteiger partial charge in [-0.05, 0) is 55.0 Å². The van der Waals surface area contributed by atoms with Crippen LogP contribution in [0.15, 0.2) is 47.9 Å². The molecule has 0 spiro atoms. The number of likely N-dealkylation sites (tertiary alicyclic amines) is 1. The summed E-state index contributed by atoms with van der Waals surface area (Å²) in [5.74, 6) is 0.459. The molecular weight excluding hydrogens is 510 g/mol. The zero-order valence-corrected chi connectivity index (χ0v) is 23.3. The first-order valence-electron chi connectivity index (χ1n) is 14.0. The third-order valence-corrected chi connectivity index (χ3v) is 8.18. The SMILES string of the molecule is CN(C(=O)Cc1ccc(N2CCN(CC3CCN(/C(N)=C/C=C(\N)C=O)CC3)CC2)cc1)C1CCC(=O)NC1=O. The van der Waals surface area contributed by atoms with Crippen LogP contribution in [0.4, 0.5) is 5.69 Å². The van der Waals surface area contributed by atoms with Crippen LogP contribution in [0, 0.1) is 5.92 Å². The largest absolute Gasteiger partial charge is 0.396 e. The van der Waals surface area contributed by atoms with Crippen molar-refractivity contribution >= 4 is 29.7 Å². The van der Waals surface area contributed by atoms with E-state index in [2.05, 4.69) is 32.1 Å². The summed E-state index contributed by atoms with van der Waals surface area (Å²) in [7, 11) is 1.62. The van der Waals surface area contributed by atoms with Gasteiger partial charge < -0.3 is 26.2 Å². The summed E-state index contributed by atoms with van der Waals surface area (Å²) in [6.45, 7) is 6.82. The predicted octanol–water partition coefficient (Wildman–Crippen LogP) is 0.168. The number of rotatable bonds is 9. The van der Waals surface area contributed by atoms with Gasteiger partial charge in [0.05, 0.1) is 17.9 Å². The first-order valence-corrected chi connectivity index (χ1v) is 14.0. The van der Waals surface area contributed by atoms with Gasteiger partial charge in [-0.25, -0.2) is 0 Å². The third kappa shape index (κ3) is 7.62. The maximum absolute atomic E-state index is 12.8. The number of imide groups is 1. The average Bonchev–Trinajstić information content (AvgIpc) is 2.96. The van der Waals surface area contributed by atoms with Crippen molar-refractivity contribution in [1.29, 1.82) is 0 Å². The Morgan fingerprint density at radius 2 is 1.68 bits per heavy atom. The predicted molar refractivity (Wildman–Crippen MR) is 153 cm³/mol. The third-order valence-electron chi connectivity index (χ3n) is 8.18. The fourth-order valence-corrected chi connectivity index (χ4v) is 5.60. The molecule has 0 saturated carbocycles. The molecule has 0 bridgehead atoms. The fraction of sp³-hybridized carbons (Fsp3) is 0.517. The van der Waals surface area contributed by atoms with Crippen molar-refractivity contribution in [2.24, 2.45) is 17.4 Å². The number of nitrogens with zero attached hydrogens (tertiary/aromatic N) is 4. The van der Waals surface area contributed by atoms with Crippen LogP contribution in [0.5, 0.6) is 0 Å². The smallest absolute Gasteiger partial charge is 0.249 e. The Labute approximate surface area is 235 Å². The van der Waals surface area contributed by atoms with Gasteiger partial charge >= 0.3 is 0 Å². The first-order chi connectivity index (χ1) is 19.2. The van der Waals surface area contributed by atoms with Gasteiger partial charge in [-0.1, -0.05) is 12.1 Å². The molecule has 1 aromatic carbocycles. The maximum atomic E-state index is 12.8. The van der Waals surface area contributed by atoms with Gasteiger partial charge in [-0.3, -0.25) is 29.4 Å². The monoisotopic (exact) mass is 551 g/mol. The minimum Gasteiger partial charge on any atom is -0.396 e. The van der Waals surface area contributed by atoms with Gasteiger partial charge in [-0.2, -0.15) is 0 Å². The highest BCUT2D eigenvalue weighted by Crippen LogP contribution is 2.23.